The van der Waals surface area contributed by atoms with Gasteiger partial charge in [0.05, 0.1) is 6.54 Å². The first-order valence-electron chi connectivity index (χ1n) is 5.55. The van der Waals surface area contributed by atoms with Gasteiger partial charge >= 0.3 is 5.97 Å². The Hall–Kier alpha value is -1.35. The average molecular weight is 221 g/mol. The summed E-state index contributed by atoms with van der Waals surface area (Å²) in [4.78, 5) is 10.9. The van der Waals surface area contributed by atoms with Gasteiger partial charge in [-0.3, -0.25) is 4.79 Å². The van der Waals surface area contributed by atoms with Crippen molar-refractivity contribution in [2.75, 3.05) is 6.54 Å². The fourth-order valence-corrected chi connectivity index (χ4v) is 1.47. The fourth-order valence-electron chi connectivity index (χ4n) is 1.47. The predicted octanol–water partition coefficient (Wildman–Crippen LogP) is 1.89. The molecule has 0 amide bonds. The standard InChI is InChI=1S/C13H19NO2/c1-10(2)7-11-3-5-12(6-4-11)9-16-13(15)8-14/h3-6,10H,7-9,14H2,1-2H3. The highest BCUT2D eigenvalue weighted by Crippen LogP contribution is 2.10. The van der Waals surface area contributed by atoms with Crippen molar-refractivity contribution in [1.82, 2.24) is 0 Å². The molecule has 3 nitrogen and oxygen atoms in total. The van der Waals surface area contributed by atoms with Crippen molar-refractivity contribution in [3.63, 3.8) is 0 Å². The summed E-state index contributed by atoms with van der Waals surface area (Å²) >= 11 is 0. The van der Waals surface area contributed by atoms with Crippen LogP contribution in [0.15, 0.2) is 24.3 Å². The number of ether oxygens (including phenoxy) is 1. The second-order valence-electron chi connectivity index (χ2n) is 4.28. The monoisotopic (exact) mass is 221 g/mol. The quantitative estimate of drug-likeness (QED) is 0.772. The third kappa shape index (κ3) is 4.45. The van der Waals surface area contributed by atoms with Gasteiger partial charge in [-0.25, -0.2) is 0 Å². The third-order valence-electron chi connectivity index (χ3n) is 2.23. The van der Waals surface area contributed by atoms with Crippen LogP contribution < -0.4 is 5.73 Å². The molecule has 0 spiro atoms. The summed E-state index contributed by atoms with van der Waals surface area (Å²) in [5.74, 6) is 0.284. The molecule has 1 rings (SSSR count). The van der Waals surface area contributed by atoms with E-state index in [0.29, 0.717) is 12.5 Å². The lowest BCUT2D eigenvalue weighted by Crippen LogP contribution is -2.16. The first-order chi connectivity index (χ1) is 7.61. The number of hydrogen-bond donors (Lipinski definition) is 1. The van der Waals surface area contributed by atoms with E-state index in [-0.39, 0.29) is 12.5 Å². The van der Waals surface area contributed by atoms with Gasteiger partial charge in [0.2, 0.25) is 0 Å². The van der Waals surface area contributed by atoms with Gasteiger partial charge in [0.15, 0.2) is 0 Å². The van der Waals surface area contributed by atoms with Crippen LogP contribution in [-0.2, 0) is 22.6 Å². The largest absolute Gasteiger partial charge is 0.460 e. The number of carbonyl (C=O) groups excluding carboxylic acids is 1. The van der Waals surface area contributed by atoms with Crippen molar-refractivity contribution < 1.29 is 9.53 Å². The summed E-state index contributed by atoms with van der Waals surface area (Å²) in [6.07, 6.45) is 1.07. The number of carbonyl (C=O) groups is 1. The van der Waals surface area contributed by atoms with Gasteiger partial charge in [0.1, 0.15) is 6.61 Å². The molecule has 0 fully saturated rings. The van der Waals surface area contributed by atoms with E-state index in [0.717, 1.165) is 12.0 Å². The Morgan fingerprint density at radius 3 is 2.31 bits per heavy atom. The van der Waals surface area contributed by atoms with E-state index in [4.69, 9.17) is 10.5 Å². The van der Waals surface area contributed by atoms with Crippen LogP contribution in [0.25, 0.3) is 0 Å². The summed E-state index contributed by atoms with van der Waals surface area (Å²) in [5.41, 5.74) is 7.44. The third-order valence-corrected chi connectivity index (χ3v) is 2.23. The molecule has 3 heteroatoms. The van der Waals surface area contributed by atoms with E-state index in [1.165, 1.54) is 5.56 Å². The minimum atomic E-state index is -0.369. The Bertz CT molecular complexity index is 330. The molecule has 0 aliphatic carbocycles. The maximum atomic E-state index is 10.9. The van der Waals surface area contributed by atoms with Crippen molar-refractivity contribution in [2.45, 2.75) is 26.9 Å². The number of hydrogen-bond acceptors (Lipinski definition) is 3. The van der Waals surface area contributed by atoms with Crippen molar-refractivity contribution in [1.29, 1.82) is 0 Å². The molecule has 0 unspecified atom stereocenters. The zero-order chi connectivity index (χ0) is 12.0. The van der Waals surface area contributed by atoms with E-state index in [9.17, 15) is 4.79 Å². The highest BCUT2D eigenvalue weighted by Gasteiger charge is 2.01. The van der Waals surface area contributed by atoms with Crippen LogP contribution in [0.4, 0.5) is 0 Å². The van der Waals surface area contributed by atoms with Gasteiger partial charge in [-0.2, -0.15) is 0 Å². The summed E-state index contributed by atoms with van der Waals surface area (Å²) in [7, 11) is 0. The van der Waals surface area contributed by atoms with Gasteiger partial charge in [-0.15, -0.1) is 0 Å². The summed E-state index contributed by atoms with van der Waals surface area (Å²) < 4.78 is 4.93. The molecular formula is C13H19NO2. The van der Waals surface area contributed by atoms with Crippen LogP contribution in [0, 0.1) is 5.92 Å². The van der Waals surface area contributed by atoms with E-state index >= 15 is 0 Å². The lowest BCUT2D eigenvalue weighted by atomic mass is 10.0. The molecule has 0 atom stereocenters. The molecule has 88 valence electrons. The average Bonchev–Trinajstić information content (AvgIpc) is 2.27. The molecule has 0 saturated heterocycles. The first kappa shape index (κ1) is 12.7. The Kier molecular flexibility index (Phi) is 4.99. The van der Waals surface area contributed by atoms with Crippen LogP contribution in [0.1, 0.15) is 25.0 Å². The summed E-state index contributed by atoms with van der Waals surface area (Å²) in [6, 6.07) is 8.13. The molecule has 0 aromatic heterocycles. The molecule has 0 aliphatic rings. The highest BCUT2D eigenvalue weighted by molar-refractivity contribution is 5.71. The number of rotatable bonds is 5. The van der Waals surface area contributed by atoms with E-state index in [1.807, 2.05) is 12.1 Å². The Morgan fingerprint density at radius 2 is 1.81 bits per heavy atom. The Labute approximate surface area is 96.6 Å². The van der Waals surface area contributed by atoms with Crippen LogP contribution in [0.2, 0.25) is 0 Å². The second-order valence-corrected chi connectivity index (χ2v) is 4.28. The second kappa shape index (κ2) is 6.28. The molecule has 0 saturated carbocycles. The van der Waals surface area contributed by atoms with Crippen LogP contribution in [0.5, 0.6) is 0 Å². The van der Waals surface area contributed by atoms with Crippen molar-refractivity contribution >= 4 is 5.97 Å². The Morgan fingerprint density at radius 1 is 1.25 bits per heavy atom. The Balaban J connectivity index is 2.48. The molecule has 0 heterocycles. The van der Waals surface area contributed by atoms with E-state index in [1.54, 1.807) is 0 Å². The molecule has 0 bridgehead atoms. The molecular weight excluding hydrogens is 202 g/mol. The maximum absolute atomic E-state index is 10.9. The van der Waals surface area contributed by atoms with Crippen LogP contribution in [-0.4, -0.2) is 12.5 Å². The predicted molar refractivity (Wildman–Crippen MR) is 63.8 cm³/mol. The van der Waals surface area contributed by atoms with Gasteiger partial charge < -0.3 is 10.5 Å². The van der Waals surface area contributed by atoms with Gasteiger partial charge in [0, 0.05) is 0 Å². The highest BCUT2D eigenvalue weighted by atomic mass is 16.5. The molecule has 2 N–H and O–H groups in total. The normalized spacial score (nSPS) is 10.5. The van der Waals surface area contributed by atoms with Crippen molar-refractivity contribution in [3.05, 3.63) is 35.4 Å². The minimum Gasteiger partial charge on any atom is -0.460 e. The summed E-state index contributed by atoms with van der Waals surface area (Å²) in [5, 5.41) is 0. The molecule has 1 aromatic carbocycles. The smallest absolute Gasteiger partial charge is 0.320 e. The minimum absolute atomic E-state index is 0.0641. The van der Waals surface area contributed by atoms with Crippen LogP contribution in [0.3, 0.4) is 0 Å². The molecule has 0 radical (unpaired) electrons. The lowest BCUT2D eigenvalue weighted by molar-refractivity contribution is -0.143. The SMILES string of the molecule is CC(C)Cc1ccc(COC(=O)CN)cc1. The molecule has 0 aliphatic heterocycles. The zero-order valence-corrected chi connectivity index (χ0v) is 9.90. The lowest BCUT2D eigenvalue weighted by Gasteiger charge is -2.07. The van der Waals surface area contributed by atoms with Gasteiger partial charge in [0.25, 0.3) is 0 Å². The van der Waals surface area contributed by atoms with E-state index in [2.05, 4.69) is 26.0 Å². The summed E-state index contributed by atoms with van der Waals surface area (Å²) in [6.45, 7) is 4.62. The fraction of sp³-hybridized carbons (Fsp3) is 0.462. The topological polar surface area (TPSA) is 52.3 Å². The van der Waals surface area contributed by atoms with Crippen molar-refractivity contribution in [2.24, 2.45) is 11.7 Å². The van der Waals surface area contributed by atoms with E-state index < -0.39 is 0 Å². The van der Waals surface area contributed by atoms with Gasteiger partial charge in [-0.05, 0) is 23.5 Å². The molecule has 16 heavy (non-hydrogen) atoms. The van der Waals surface area contributed by atoms with Crippen molar-refractivity contribution in [3.8, 4) is 0 Å². The molecule has 1 aromatic rings. The first-order valence-corrected chi connectivity index (χ1v) is 5.55. The maximum Gasteiger partial charge on any atom is 0.320 e. The zero-order valence-electron chi connectivity index (χ0n) is 9.90. The number of benzene rings is 1. The number of esters is 1. The van der Waals surface area contributed by atoms with Crippen LogP contribution >= 0.6 is 0 Å². The van der Waals surface area contributed by atoms with Gasteiger partial charge in [-0.1, -0.05) is 38.1 Å². The number of nitrogens with two attached hydrogens (primary N) is 1.